The smallest absolute Gasteiger partial charge is 0.161 e. The van der Waals surface area contributed by atoms with Crippen LogP contribution in [-0.2, 0) is 4.79 Å². The van der Waals surface area contributed by atoms with E-state index < -0.39 is 0 Å². The van der Waals surface area contributed by atoms with Crippen LogP contribution in [0, 0.1) is 13.8 Å². The molecule has 0 radical (unpaired) electrons. The number of nitrogens with one attached hydrogen (secondary N) is 1. The Morgan fingerprint density at radius 1 is 1.13 bits per heavy atom. The summed E-state index contributed by atoms with van der Waals surface area (Å²) in [4.78, 5) is 13.0. The van der Waals surface area contributed by atoms with Gasteiger partial charge >= 0.3 is 0 Å². The number of aryl methyl sites for hydroxylation is 2. The Kier molecular flexibility index (Phi) is 4.54. The molecule has 1 aromatic heterocycles. The molecule has 1 aliphatic heterocycles. The molecule has 0 unspecified atom stereocenters. The lowest BCUT2D eigenvalue weighted by Gasteiger charge is -2.33. The second-order valence-corrected chi connectivity index (χ2v) is 8.94. The van der Waals surface area contributed by atoms with E-state index in [0.717, 1.165) is 56.9 Å². The Balaban J connectivity index is 1.77. The highest BCUT2D eigenvalue weighted by molar-refractivity contribution is 9.10. The zero-order valence-electron chi connectivity index (χ0n) is 16.9. The number of anilines is 1. The van der Waals surface area contributed by atoms with E-state index >= 15 is 0 Å². The first-order chi connectivity index (χ1) is 14.4. The van der Waals surface area contributed by atoms with Gasteiger partial charge in [-0.25, -0.2) is 4.68 Å². The number of rotatable bonds is 2. The quantitative estimate of drug-likeness (QED) is 0.524. The Bertz CT molecular complexity index is 1210. The van der Waals surface area contributed by atoms with E-state index in [1.807, 2.05) is 29.8 Å². The van der Waals surface area contributed by atoms with E-state index in [-0.39, 0.29) is 17.5 Å². The van der Waals surface area contributed by atoms with Gasteiger partial charge in [0.2, 0.25) is 0 Å². The Hall–Kier alpha value is -2.86. The minimum Gasteiger partial charge on any atom is -0.508 e. The molecule has 1 atom stereocenters. The molecule has 0 spiro atoms. The fourth-order valence-corrected chi connectivity index (χ4v) is 4.94. The molecule has 0 saturated heterocycles. The van der Waals surface area contributed by atoms with Gasteiger partial charge in [0.1, 0.15) is 11.6 Å². The summed E-state index contributed by atoms with van der Waals surface area (Å²) in [5, 5.41) is 19.1. The minimum absolute atomic E-state index is 0.140. The van der Waals surface area contributed by atoms with E-state index in [9.17, 15) is 9.90 Å². The number of phenols is 1. The normalized spacial score (nSPS) is 18.1. The SMILES string of the molecule is Cc1ccc(-n2nc(C)c3c2NC2=C(C(=O)CCC2)[C@H]3c2cc(Br)ccc2O)cc1. The highest BCUT2D eigenvalue weighted by Gasteiger charge is 2.39. The minimum atomic E-state index is -0.347. The van der Waals surface area contributed by atoms with Crippen molar-refractivity contribution in [2.24, 2.45) is 0 Å². The van der Waals surface area contributed by atoms with Gasteiger partial charge < -0.3 is 10.4 Å². The number of nitrogens with zero attached hydrogens (tertiary/aromatic N) is 2. The van der Waals surface area contributed by atoms with Crippen LogP contribution in [0.1, 0.15) is 47.6 Å². The maximum absolute atomic E-state index is 13.0. The van der Waals surface area contributed by atoms with Crippen LogP contribution in [0.3, 0.4) is 0 Å². The predicted molar refractivity (Wildman–Crippen MR) is 120 cm³/mol. The summed E-state index contributed by atoms with van der Waals surface area (Å²) in [6.07, 6.45) is 2.17. The number of aromatic nitrogens is 2. The second kappa shape index (κ2) is 7.13. The lowest BCUT2D eigenvalue weighted by atomic mass is 9.76. The van der Waals surface area contributed by atoms with E-state index in [2.05, 4.69) is 40.3 Å². The number of benzene rings is 2. The van der Waals surface area contributed by atoms with E-state index in [1.54, 1.807) is 12.1 Å². The van der Waals surface area contributed by atoms with Crippen LogP contribution in [0.2, 0.25) is 0 Å². The zero-order chi connectivity index (χ0) is 21.0. The van der Waals surface area contributed by atoms with Crippen molar-refractivity contribution in [3.8, 4) is 11.4 Å². The van der Waals surface area contributed by atoms with Gasteiger partial charge in [-0.2, -0.15) is 5.10 Å². The number of phenolic OH excluding ortho intramolecular Hbond substituents is 1. The summed E-state index contributed by atoms with van der Waals surface area (Å²) in [6, 6.07) is 13.6. The molecule has 0 bridgehead atoms. The summed E-state index contributed by atoms with van der Waals surface area (Å²) in [6.45, 7) is 4.02. The molecule has 0 fully saturated rings. The number of hydrogen-bond acceptors (Lipinski definition) is 4. The molecule has 2 N–H and O–H groups in total. The van der Waals surface area contributed by atoms with Crippen molar-refractivity contribution in [2.45, 2.75) is 39.0 Å². The first-order valence-corrected chi connectivity index (χ1v) is 10.9. The number of carbonyl (C=O) groups is 1. The van der Waals surface area contributed by atoms with Crippen LogP contribution in [-0.4, -0.2) is 20.7 Å². The van der Waals surface area contributed by atoms with Crippen LogP contribution in [0.15, 0.2) is 58.2 Å². The summed E-state index contributed by atoms with van der Waals surface area (Å²) in [5.41, 5.74) is 6.35. The number of halogens is 1. The standard InChI is InChI=1S/C24H22BrN3O2/c1-13-6-9-16(10-7-13)28-24-21(14(2)27-28)22(17-12-15(25)8-11-19(17)29)23-18(26-24)4-3-5-20(23)30/h6-12,22,26,29H,3-5H2,1-2H3/t22-/m0/s1. The Labute approximate surface area is 183 Å². The third kappa shape index (κ3) is 2.98. The van der Waals surface area contributed by atoms with Gasteiger partial charge in [-0.05, 0) is 57.0 Å². The van der Waals surface area contributed by atoms with Crippen molar-refractivity contribution in [2.75, 3.05) is 5.32 Å². The van der Waals surface area contributed by atoms with Crippen LogP contribution in [0.5, 0.6) is 5.75 Å². The van der Waals surface area contributed by atoms with Gasteiger partial charge in [-0.15, -0.1) is 0 Å². The van der Waals surface area contributed by atoms with Crippen molar-refractivity contribution in [3.63, 3.8) is 0 Å². The number of ketones is 1. The lowest BCUT2D eigenvalue weighted by Crippen LogP contribution is -2.27. The maximum Gasteiger partial charge on any atom is 0.161 e. The Morgan fingerprint density at radius 2 is 1.90 bits per heavy atom. The number of Topliss-reactive ketones (excluding diaryl/α,β-unsaturated/α-hetero) is 1. The third-order valence-corrected chi connectivity index (χ3v) is 6.48. The number of aromatic hydroxyl groups is 1. The summed E-state index contributed by atoms with van der Waals surface area (Å²) in [5.74, 6) is 0.847. The fourth-order valence-electron chi connectivity index (χ4n) is 4.56. The molecule has 2 heterocycles. The molecule has 5 nitrogen and oxygen atoms in total. The number of allylic oxidation sites excluding steroid dienone is 2. The fraction of sp³-hybridized carbons (Fsp3) is 0.250. The summed E-state index contributed by atoms with van der Waals surface area (Å²) in [7, 11) is 0. The van der Waals surface area contributed by atoms with Gasteiger partial charge in [0.05, 0.1) is 11.4 Å². The Morgan fingerprint density at radius 3 is 2.67 bits per heavy atom. The number of fused-ring (bicyclic) bond motifs is 1. The molecular formula is C24H22BrN3O2. The van der Waals surface area contributed by atoms with Crippen molar-refractivity contribution in [1.82, 2.24) is 9.78 Å². The molecule has 152 valence electrons. The van der Waals surface area contributed by atoms with Gasteiger partial charge in [0.15, 0.2) is 5.78 Å². The second-order valence-electron chi connectivity index (χ2n) is 8.03. The molecular weight excluding hydrogens is 442 g/mol. The molecule has 0 saturated carbocycles. The van der Waals surface area contributed by atoms with E-state index in [1.165, 1.54) is 5.56 Å². The predicted octanol–water partition coefficient (Wildman–Crippen LogP) is 5.52. The van der Waals surface area contributed by atoms with Gasteiger partial charge in [-0.3, -0.25) is 4.79 Å². The van der Waals surface area contributed by atoms with Crippen LogP contribution < -0.4 is 5.32 Å². The van der Waals surface area contributed by atoms with Crippen LogP contribution in [0.25, 0.3) is 5.69 Å². The first kappa shape index (κ1) is 19.1. The molecule has 0 amide bonds. The van der Waals surface area contributed by atoms with Crippen LogP contribution in [0.4, 0.5) is 5.82 Å². The molecule has 2 aromatic carbocycles. The third-order valence-electron chi connectivity index (χ3n) is 5.99. The summed E-state index contributed by atoms with van der Waals surface area (Å²) < 4.78 is 2.78. The van der Waals surface area contributed by atoms with Gasteiger partial charge in [0.25, 0.3) is 0 Å². The lowest BCUT2D eigenvalue weighted by molar-refractivity contribution is -0.116. The largest absolute Gasteiger partial charge is 0.508 e. The van der Waals surface area contributed by atoms with Crippen molar-refractivity contribution < 1.29 is 9.90 Å². The van der Waals surface area contributed by atoms with Crippen LogP contribution >= 0.6 is 15.9 Å². The first-order valence-electron chi connectivity index (χ1n) is 10.1. The molecule has 3 aromatic rings. The van der Waals surface area contributed by atoms with Crippen molar-refractivity contribution >= 4 is 27.5 Å². The monoisotopic (exact) mass is 463 g/mol. The number of carbonyl (C=O) groups excluding carboxylic acids is 1. The molecule has 6 heteroatoms. The molecule has 30 heavy (non-hydrogen) atoms. The number of hydrogen-bond donors (Lipinski definition) is 2. The summed E-state index contributed by atoms with van der Waals surface area (Å²) >= 11 is 3.52. The van der Waals surface area contributed by atoms with E-state index in [4.69, 9.17) is 5.10 Å². The van der Waals surface area contributed by atoms with E-state index in [0.29, 0.717) is 6.42 Å². The molecule has 2 aliphatic rings. The van der Waals surface area contributed by atoms with Crippen molar-refractivity contribution in [3.05, 3.63) is 80.6 Å². The maximum atomic E-state index is 13.0. The highest BCUT2D eigenvalue weighted by Crippen LogP contribution is 2.49. The molecule has 1 aliphatic carbocycles. The topological polar surface area (TPSA) is 67.2 Å². The van der Waals surface area contributed by atoms with Gasteiger partial charge in [0, 0.05) is 39.2 Å². The van der Waals surface area contributed by atoms with Crippen molar-refractivity contribution in [1.29, 1.82) is 0 Å². The molecule has 5 rings (SSSR count). The van der Waals surface area contributed by atoms with Gasteiger partial charge in [-0.1, -0.05) is 33.6 Å². The zero-order valence-corrected chi connectivity index (χ0v) is 18.5. The average Bonchev–Trinajstić information content (AvgIpc) is 3.05. The highest BCUT2D eigenvalue weighted by atomic mass is 79.9. The average molecular weight is 464 g/mol.